The maximum absolute atomic E-state index is 4.76. The molecule has 144 valence electrons. The first-order valence-corrected chi connectivity index (χ1v) is 9.74. The number of hydrazone groups is 1. The molecular formula is C25H19N5. The van der Waals surface area contributed by atoms with Gasteiger partial charge in [-0.3, -0.25) is 4.98 Å². The molecule has 0 radical (unpaired) electrons. The van der Waals surface area contributed by atoms with Crippen LogP contribution < -0.4 is 5.43 Å². The maximum Gasteiger partial charge on any atom is 0.244 e. The van der Waals surface area contributed by atoms with Gasteiger partial charge in [-0.1, -0.05) is 60.2 Å². The SMILES string of the molecule is Cc1ccc2nc(N/N=C\c3cccc4ncccc34)nc(-c3ccccc3)c2c1. The molecule has 30 heavy (non-hydrogen) atoms. The lowest BCUT2D eigenvalue weighted by Crippen LogP contribution is -2.00. The lowest BCUT2D eigenvalue weighted by Gasteiger charge is -2.09. The van der Waals surface area contributed by atoms with Crippen molar-refractivity contribution in [1.82, 2.24) is 15.0 Å². The molecule has 5 aromatic rings. The van der Waals surface area contributed by atoms with Gasteiger partial charge in [-0.2, -0.15) is 5.10 Å². The fourth-order valence-corrected chi connectivity index (χ4v) is 3.51. The number of nitrogens with zero attached hydrogens (tertiary/aromatic N) is 4. The van der Waals surface area contributed by atoms with Gasteiger partial charge in [-0.25, -0.2) is 15.4 Å². The summed E-state index contributed by atoms with van der Waals surface area (Å²) < 4.78 is 0. The van der Waals surface area contributed by atoms with Gasteiger partial charge in [-0.15, -0.1) is 0 Å². The van der Waals surface area contributed by atoms with Gasteiger partial charge in [0.15, 0.2) is 0 Å². The summed E-state index contributed by atoms with van der Waals surface area (Å²) in [4.78, 5) is 13.8. The van der Waals surface area contributed by atoms with Gasteiger partial charge in [0.1, 0.15) is 0 Å². The highest BCUT2D eigenvalue weighted by Gasteiger charge is 2.10. The van der Waals surface area contributed by atoms with E-state index in [2.05, 4.69) is 51.7 Å². The number of aromatic nitrogens is 3. The molecule has 2 aromatic heterocycles. The van der Waals surface area contributed by atoms with Crippen LogP contribution in [-0.2, 0) is 0 Å². The second-order valence-corrected chi connectivity index (χ2v) is 7.07. The van der Waals surface area contributed by atoms with Crippen molar-refractivity contribution in [3.05, 3.63) is 96.2 Å². The van der Waals surface area contributed by atoms with Gasteiger partial charge in [-0.05, 0) is 31.2 Å². The number of fused-ring (bicyclic) bond motifs is 2. The molecule has 0 atom stereocenters. The Morgan fingerprint density at radius 2 is 1.70 bits per heavy atom. The Bertz CT molecular complexity index is 1370. The molecule has 0 unspecified atom stereocenters. The van der Waals surface area contributed by atoms with E-state index in [-0.39, 0.29) is 0 Å². The summed E-state index contributed by atoms with van der Waals surface area (Å²) in [7, 11) is 0. The van der Waals surface area contributed by atoms with Crippen LogP contribution in [0.15, 0.2) is 90.2 Å². The molecule has 0 spiro atoms. The number of hydrogen-bond donors (Lipinski definition) is 1. The van der Waals surface area contributed by atoms with Gasteiger partial charge >= 0.3 is 0 Å². The molecule has 0 aliphatic carbocycles. The first kappa shape index (κ1) is 17.9. The molecule has 0 saturated carbocycles. The van der Waals surface area contributed by atoms with Crippen LogP contribution in [-0.4, -0.2) is 21.2 Å². The quantitative estimate of drug-likeness (QED) is 0.321. The Hall–Kier alpha value is -4.12. The van der Waals surface area contributed by atoms with E-state index in [1.54, 1.807) is 12.4 Å². The second kappa shape index (κ2) is 7.72. The fourth-order valence-electron chi connectivity index (χ4n) is 3.51. The Morgan fingerprint density at radius 3 is 2.60 bits per heavy atom. The van der Waals surface area contributed by atoms with Gasteiger partial charge < -0.3 is 0 Å². The Kier molecular flexibility index (Phi) is 4.62. The Balaban J connectivity index is 1.53. The normalized spacial score (nSPS) is 11.4. The lowest BCUT2D eigenvalue weighted by atomic mass is 10.0. The number of rotatable bonds is 4. The second-order valence-electron chi connectivity index (χ2n) is 7.07. The van der Waals surface area contributed by atoms with Gasteiger partial charge in [0, 0.05) is 28.1 Å². The van der Waals surface area contributed by atoms with Crippen LogP contribution in [0.25, 0.3) is 33.1 Å². The number of anilines is 1. The minimum atomic E-state index is 0.458. The fraction of sp³-hybridized carbons (Fsp3) is 0.0400. The summed E-state index contributed by atoms with van der Waals surface area (Å²) in [6.07, 6.45) is 3.56. The summed E-state index contributed by atoms with van der Waals surface area (Å²) in [5.41, 5.74) is 8.90. The van der Waals surface area contributed by atoms with Crippen molar-refractivity contribution < 1.29 is 0 Å². The highest BCUT2D eigenvalue weighted by atomic mass is 15.3. The lowest BCUT2D eigenvalue weighted by molar-refractivity contribution is 1.15. The molecule has 0 aliphatic heterocycles. The summed E-state index contributed by atoms with van der Waals surface area (Å²) >= 11 is 0. The van der Waals surface area contributed by atoms with Crippen molar-refractivity contribution in [2.75, 3.05) is 5.43 Å². The van der Waals surface area contributed by atoms with E-state index in [0.717, 1.165) is 38.6 Å². The Labute approximate surface area is 174 Å². The van der Waals surface area contributed by atoms with Crippen molar-refractivity contribution in [3.63, 3.8) is 0 Å². The number of hydrogen-bond acceptors (Lipinski definition) is 5. The molecule has 5 nitrogen and oxygen atoms in total. The first-order chi connectivity index (χ1) is 14.8. The van der Waals surface area contributed by atoms with Crippen LogP contribution in [0.2, 0.25) is 0 Å². The number of pyridine rings is 1. The van der Waals surface area contributed by atoms with Crippen LogP contribution in [0, 0.1) is 6.92 Å². The van der Waals surface area contributed by atoms with E-state index in [0.29, 0.717) is 5.95 Å². The van der Waals surface area contributed by atoms with Crippen LogP contribution in [0.5, 0.6) is 0 Å². The molecule has 5 heteroatoms. The highest BCUT2D eigenvalue weighted by molar-refractivity contribution is 5.98. The van der Waals surface area contributed by atoms with Crippen LogP contribution >= 0.6 is 0 Å². The van der Waals surface area contributed by atoms with Gasteiger partial charge in [0.05, 0.1) is 22.9 Å². The van der Waals surface area contributed by atoms with E-state index in [1.165, 1.54) is 5.56 Å². The van der Waals surface area contributed by atoms with Crippen molar-refractivity contribution in [2.24, 2.45) is 5.10 Å². The Morgan fingerprint density at radius 1 is 0.800 bits per heavy atom. The summed E-state index contributed by atoms with van der Waals surface area (Å²) in [6.45, 7) is 2.07. The van der Waals surface area contributed by atoms with Crippen molar-refractivity contribution >= 4 is 34.0 Å². The maximum atomic E-state index is 4.76. The molecule has 0 bridgehead atoms. The number of benzene rings is 3. The molecule has 1 N–H and O–H groups in total. The monoisotopic (exact) mass is 389 g/mol. The minimum Gasteiger partial charge on any atom is -0.256 e. The zero-order chi connectivity index (χ0) is 20.3. The van der Waals surface area contributed by atoms with Crippen molar-refractivity contribution in [3.8, 4) is 11.3 Å². The van der Waals surface area contributed by atoms with Crippen LogP contribution in [0.1, 0.15) is 11.1 Å². The molecule has 2 heterocycles. The first-order valence-electron chi connectivity index (χ1n) is 9.74. The third-order valence-corrected chi connectivity index (χ3v) is 4.95. The predicted octanol–water partition coefficient (Wildman–Crippen LogP) is 5.60. The van der Waals surface area contributed by atoms with Crippen LogP contribution in [0.4, 0.5) is 5.95 Å². The molecule has 3 aromatic carbocycles. The van der Waals surface area contributed by atoms with E-state index < -0.39 is 0 Å². The number of aryl methyl sites for hydroxylation is 1. The zero-order valence-corrected chi connectivity index (χ0v) is 16.4. The smallest absolute Gasteiger partial charge is 0.244 e. The van der Waals surface area contributed by atoms with E-state index in [1.807, 2.05) is 54.6 Å². The summed E-state index contributed by atoms with van der Waals surface area (Å²) in [5, 5.41) is 6.46. The number of nitrogens with one attached hydrogen (secondary N) is 1. The molecular weight excluding hydrogens is 370 g/mol. The minimum absolute atomic E-state index is 0.458. The van der Waals surface area contributed by atoms with Crippen LogP contribution in [0.3, 0.4) is 0 Å². The largest absolute Gasteiger partial charge is 0.256 e. The third kappa shape index (κ3) is 3.49. The highest BCUT2D eigenvalue weighted by Crippen LogP contribution is 2.28. The van der Waals surface area contributed by atoms with E-state index >= 15 is 0 Å². The van der Waals surface area contributed by atoms with Crippen molar-refractivity contribution in [2.45, 2.75) is 6.92 Å². The molecule has 0 amide bonds. The van der Waals surface area contributed by atoms with E-state index in [4.69, 9.17) is 4.98 Å². The van der Waals surface area contributed by atoms with Gasteiger partial charge in [0.25, 0.3) is 0 Å². The third-order valence-electron chi connectivity index (χ3n) is 4.95. The van der Waals surface area contributed by atoms with Gasteiger partial charge in [0.2, 0.25) is 5.95 Å². The molecule has 0 aliphatic rings. The standard InChI is InChI=1S/C25H19N5/c1-17-12-13-23-21(15-17)24(18-7-3-2-4-8-18)29-25(28-23)30-27-16-19-9-5-11-22-20(19)10-6-14-26-22/h2-16H,1H3,(H,28,29,30)/b27-16-. The summed E-state index contributed by atoms with van der Waals surface area (Å²) in [6, 6.07) is 26.3. The predicted molar refractivity (Wildman–Crippen MR) is 123 cm³/mol. The zero-order valence-electron chi connectivity index (χ0n) is 16.4. The molecule has 5 rings (SSSR count). The average molecular weight is 389 g/mol. The molecule has 0 saturated heterocycles. The topological polar surface area (TPSA) is 63.1 Å². The summed E-state index contributed by atoms with van der Waals surface area (Å²) in [5.74, 6) is 0.458. The molecule has 0 fully saturated rings. The average Bonchev–Trinajstić information content (AvgIpc) is 2.79. The van der Waals surface area contributed by atoms with E-state index in [9.17, 15) is 0 Å². The van der Waals surface area contributed by atoms with Crippen molar-refractivity contribution in [1.29, 1.82) is 0 Å².